The fourth-order valence-corrected chi connectivity index (χ4v) is 6.21. The number of halogens is 1. The molecule has 8 nitrogen and oxygen atoms in total. The fraction of sp³-hybridized carbons (Fsp3) is 0.536. The SMILES string of the molecule is Cc1cc(NC(=O)N2CCC(NS(=O)(=O)C(C)(C)C)CC2)ccc1N1CCC(O)(c2ccc(Cl)cc2)CC1. The smallest absolute Gasteiger partial charge is 0.321 e. The van der Waals surface area contributed by atoms with Crippen molar-refractivity contribution in [3.05, 3.63) is 58.6 Å². The van der Waals surface area contributed by atoms with Gasteiger partial charge < -0.3 is 20.2 Å². The summed E-state index contributed by atoms with van der Waals surface area (Å²) in [6, 6.07) is 13.0. The molecule has 3 N–H and O–H groups in total. The summed E-state index contributed by atoms with van der Waals surface area (Å²) in [5.41, 5.74) is 2.90. The molecule has 0 aliphatic carbocycles. The summed E-state index contributed by atoms with van der Waals surface area (Å²) in [4.78, 5) is 16.9. The third kappa shape index (κ3) is 6.45. The monoisotopic (exact) mass is 562 g/mol. The predicted octanol–water partition coefficient (Wildman–Crippen LogP) is 4.85. The Labute approximate surface area is 231 Å². The zero-order chi connectivity index (χ0) is 27.7. The highest BCUT2D eigenvalue weighted by atomic mass is 35.5. The van der Waals surface area contributed by atoms with Gasteiger partial charge in [-0.05, 0) is 94.8 Å². The van der Waals surface area contributed by atoms with Crippen LogP contribution >= 0.6 is 11.6 Å². The Bertz CT molecular complexity index is 1240. The van der Waals surface area contributed by atoms with Crippen LogP contribution < -0.4 is 14.9 Å². The van der Waals surface area contributed by atoms with E-state index < -0.39 is 20.4 Å². The van der Waals surface area contributed by atoms with E-state index in [0.717, 1.165) is 35.6 Å². The number of urea groups is 1. The Kier molecular flexibility index (Phi) is 8.33. The lowest BCUT2D eigenvalue weighted by molar-refractivity contribution is 0.0117. The first-order valence-corrected chi connectivity index (χ1v) is 15.1. The average molecular weight is 563 g/mol. The third-order valence-corrected chi connectivity index (χ3v) is 10.2. The second-order valence-electron chi connectivity index (χ2n) is 11.5. The van der Waals surface area contributed by atoms with Crippen molar-refractivity contribution in [2.24, 2.45) is 0 Å². The van der Waals surface area contributed by atoms with Gasteiger partial charge in [-0.25, -0.2) is 17.9 Å². The van der Waals surface area contributed by atoms with Crippen molar-refractivity contribution >= 4 is 39.0 Å². The van der Waals surface area contributed by atoms with Gasteiger partial charge in [-0.1, -0.05) is 23.7 Å². The molecule has 208 valence electrons. The molecule has 4 rings (SSSR count). The van der Waals surface area contributed by atoms with E-state index in [1.54, 1.807) is 25.7 Å². The van der Waals surface area contributed by atoms with Crippen molar-refractivity contribution in [1.29, 1.82) is 0 Å². The van der Waals surface area contributed by atoms with Crippen LogP contribution in [0.1, 0.15) is 57.6 Å². The number of amides is 2. The highest BCUT2D eigenvalue weighted by molar-refractivity contribution is 7.90. The second kappa shape index (κ2) is 11.0. The highest BCUT2D eigenvalue weighted by Gasteiger charge is 2.35. The molecule has 0 aromatic heterocycles. The molecule has 2 fully saturated rings. The van der Waals surface area contributed by atoms with E-state index in [2.05, 4.69) is 14.9 Å². The minimum atomic E-state index is -3.42. The first-order chi connectivity index (χ1) is 17.8. The van der Waals surface area contributed by atoms with Gasteiger partial charge in [-0.2, -0.15) is 0 Å². The lowest BCUT2D eigenvalue weighted by Gasteiger charge is -2.40. The number of carbonyl (C=O) groups excluding carboxylic acids is 1. The van der Waals surface area contributed by atoms with E-state index in [1.165, 1.54) is 0 Å². The number of hydrogen-bond acceptors (Lipinski definition) is 5. The summed E-state index contributed by atoms with van der Waals surface area (Å²) in [6.45, 7) is 9.49. The molecular formula is C28H39ClN4O4S. The van der Waals surface area contributed by atoms with E-state index in [4.69, 9.17) is 11.6 Å². The van der Waals surface area contributed by atoms with Crippen LogP contribution in [0.4, 0.5) is 16.2 Å². The first kappa shape index (κ1) is 28.7. The summed E-state index contributed by atoms with van der Waals surface area (Å²) < 4.78 is 26.8. The van der Waals surface area contributed by atoms with Crippen molar-refractivity contribution in [1.82, 2.24) is 9.62 Å². The number of hydrogen-bond donors (Lipinski definition) is 3. The third-order valence-electron chi connectivity index (χ3n) is 7.67. The van der Waals surface area contributed by atoms with Gasteiger partial charge in [0.25, 0.3) is 0 Å². The number of nitrogens with zero attached hydrogens (tertiary/aromatic N) is 2. The minimum Gasteiger partial charge on any atom is -0.385 e. The summed E-state index contributed by atoms with van der Waals surface area (Å²) in [5, 5.41) is 14.8. The zero-order valence-electron chi connectivity index (χ0n) is 22.6. The molecule has 10 heteroatoms. The highest BCUT2D eigenvalue weighted by Crippen LogP contribution is 2.36. The molecule has 2 aromatic carbocycles. The standard InChI is InChI=1S/C28H39ClN4O4S/c1-20-19-24(30-26(34)33-15-11-23(12-16-33)31-38(36,37)27(2,3)4)9-10-25(20)32-17-13-28(35,14-18-32)21-5-7-22(29)8-6-21/h5-10,19,23,31,35H,11-18H2,1-4H3,(H,30,34). The molecule has 2 aromatic rings. The van der Waals surface area contributed by atoms with Gasteiger partial charge in [-0.15, -0.1) is 0 Å². The molecule has 2 amide bonds. The van der Waals surface area contributed by atoms with E-state index in [0.29, 0.717) is 43.8 Å². The molecule has 2 aliphatic heterocycles. The minimum absolute atomic E-state index is 0.160. The summed E-state index contributed by atoms with van der Waals surface area (Å²) in [5.74, 6) is 0. The predicted molar refractivity (Wildman–Crippen MR) is 153 cm³/mol. The summed E-state index contributed by atoms with van der Waals surface area (Å²) in [6.07, 6.45) is 2.40. The van der Waals surface area contributed by atoms with Gasteiger partial charge in [0.2, 0.25) is 10.0 Å². The number of sulfonamides is 1. The van der Waals surface area contributed by atoms with Crippen LogP contribution in [0.15, 0.2) is 42.5 Å². The van der Waals surface area contributed by atoms with Gasteiger partial charge >= 0.3 is 6.03 Å². The van der Waals surface area contributed by atoms with Gasteiger partial charge in [0, 0.05) is 48.6 Å². The van der Waals surface area contributed by atoms with Crippen LogP contribution in [0.5, 0.6) is 0 Å². The lowest BCUT2D eigenvalue weighted by atomic mass is 9.84. The van der Waals surface area contributed by atoms with Crippen LogP contribution in [0.25, 0.3) is 0 Å². The maximum Gasteiger partial charge on any atom is 0.321 e. The second-order valence-corrected chi connectivity index (χ2v) is 14.4. The normalized spacial score (nSPS) is 18.9. The first-order valence-electron chi connectivity index (χ1n) is 13.2. The number of piperidine rings is 2. The van der Waals surface area contributed by atoms with Crippen molar-refractivity contribution in [2.75, 3.05) is 36.4 Å². The fourth-order valence-electron chi connectivity index (χ4n) is 5.05. The van der Waals surface area contributed by atoms with Crippen LogP contribution in [0.3, 0.4) is 0 Å². The topological polar surface area (TPSA) is 102 Å². The summed E-state index contributed by atoms with van der Waals surface area (Å²) >= 11 is 6.00. The van der Waals surface area contributed by atoms with E-state index in [-0.39, 0.29) is 12.1 Å². The molecule has 0 saturated carbocycles. The molecule has 38 heavy (non-hydrogen) atoms. The number of carbonyl (C=O) groups is 1. The van der Waals surface area contributed by atoms with E-state index in [9.17, 15) is 18.3 Å². The number of nitrogens with one attached hydrogen (secondary N) is 2. The van der Waals surface area contributed by atoms with Gasteiger partial charge in [0.1, 0.15) is 0 Å². The van der Waals surface area contributed by atoms with E-state index >= 15 is 0 Å². The molecule has 0 atom stereocenters. The van der Waals surface area contributed by atoms with Crippen molar-refractivity contribution in [3.63, 3.8) is 0 Å². The maximum atomic E-state index is 12.9. The van der Waals surface area contributed by atoms with Gasteiger partial charge in [0.05, 0.1) is 10.3 Å². The van der Waals surface area contributed by atoms with E-state index in [1.807, 2.05) is 49.4 Å². The number of benzene rings is 2. The molecule has 0 spiro atoms. The van der Waals surface area contributed by atoms with Crippen molar-refractivity contribution in [2.45, 2.75) is 69.8 Å². The van der Waals surface area contributed by atoms with Crippen molar-refractivity contribution in [3.8, 4) is 0 Å². The largest absolute Gasteiger partial charge is 0.385 e. The maximum absolute atomic E-state index is 12.9. The lowest BCUT2D eigenvalue weighted by Crippen LogP contribution is -2.50. The number of likely N-dealkylation sites (tertiary alicyclic amines) is 1. The molecule has 2 aliphatic rings. The van der Waals surface area contributed by atoms with Gasteiger partial charge in [0.15, 0.2) is 0 Å². The Morgan fingerprint density at radius 1 is 1.03 bits per heavy atom. The number of anilines is 2. The molecule has 0 bridgehead atoms. The summed E-state index contributed by atoms with van der Waals surface area (Å²) in [7, 11) is -3.42. The Hall–Kier alpha value is -2.33. The van der Waals surface area contributed by atoms with Gasteiger partial charge in [-0.3, -0.25) is 0 Å². The molecular weight excluding hydrogens is 524 g/mol. The van der Waals surface area contributed by atoms with Crippen LogP contribution in [0.2, 0.25) is 5.02 Å². The van der Waals surface area contributed by atoms with Crippen LogP contribution in [-0.2, 0) is 15.6 Å². The van der Waals surface area contributed by atoms with Crippen LogP contribution in [-0.4, -0.2) is 61.4 Å². The number of rotatable bonds is 5. The quantitative estimate of drug-likeness (QED) is 0.483. The molecule has 0 unspecified atom stereocenters. The Morgan fingerprint density at radius 2 is 1.63 bits per heavy atom. The zero-order valence-corrected chi connectivity index (χ0v) is 24.2. The van der Waals surface area contributed by atoms with Crippen LogP contribution in [0, 0.1) is 6.92 Å². The molecule has 0 radical (unpaired) electrons. The average Bonchev–Trinajstić information content (AvgIpc) is 2.85. The molecule has 2 heterocycles. The van der Waals surface area contributed by atoms with Crippen molar-refractivity contribution < 1.29 is 18.3 Å². The number of aliphatic hydroxyl groups is 1. The number of aryl methyl sites for hydroxylation is 1. The Balaban J connectivity index is 1.30. The molecule has 2 saturated heterocycles. The Morgan fingerprint density at radius 3 is 2.18 bits per heavy atom.